The molecule has 0 bridgehead atoms. The number of aliphatic carboxylic acids is 1. The second kappa shape index (κ2) is 6.13. The molecule has 0 aliphatic rings. The Labute approximate surface area is 75.7 Å². The van der Waals surface area contributed by atoms with Gasteiger partial charge in [0, 0.05) is 0 Å². The topological polar surface area (TPSA) is 60.4 Å². The standard InChI is InChI=1S/C5H8O3.Na/c1-2-3-4(6)5(7)8;/h3,6H,2H2,1H3,(H,7,8);/q;+1/p-1/b4-3-;. The molecule has 0 heterocycles. The van der Waals surface area contributed by atoms with Gasteiger partial charge in [0.05, 0.1) is 0 Å². The maximum absolute atomic E-state index is 9.66. The quantitative estimate of drug-likeness (QED) is 0.246. The summed E-state index contributed by atoms with van der Waals surface area (Å²) in [5, 5.41) is 18.0. The zero-order chi connectivity index (χ0) is 6.57. The average molecular weight is 138 g/mol. The van der Waals surface area contributed by atoms with Crippen LogP contribution < -0.4 is 34.7 Å². The second-order valence-corrected chi connectivity index (χ2v) is 1.29. The Bertz CT molecular complexity index is 119. The third kappa shape index (κ3) is 5.89. The van der Waals surface area contributed by atoms with Gasteiger partial charge in [-0.05, 0) is 12.5 Å². The molecule has 0 aliphatic heterocycles. The van der Waals surface area contributed by atoms with Gasteiger partial charge >= 0.3 is 29.6 Å². The summed E-state index contributed by atoms with van der Waals surface area (Å²) in [7, 11) is 0. The molecule has 0 aromatic rings. The fourth-order valence-electron chi connectivity index (χ4n) is 0.277. The Balaban J connectivity index is 0. The molecule has 0 saturated carbocycles. The monoisotopic (exact) mass is 138 g/mol. The number of aliphatic hydroxyl groups excluding tert-OH is 1. The molecule has 1 N–H and O–H groups in total. The first-order valence-electron chi connectivity index (χ1n) is 2.29. The van der Waals surface area contributed by atoms with E-state index >= 15 is 0 Å². The van der Waals surface area contributed by atoms with Gasteiger partial charge in [-0.1, -0.05) is 6.92 Å². The molecule has 0 rings (SSSR count). The van der Waals surface area contributed by atoms with Crippen molar-refractivity contribution in [1.82, 2.24) is 0 Å². The van der Waals surface area contributed by atoms with Crippen LogP contribution >= 0.6 is 0 Å². The maximum Gasteiger partial charge on any atom is 1.00 e. The van der Waals surface area contributed by atoms with Gasteiger partial charge in [-0.25, -0.2) is 0 Å². The smallest absolute Gasteiger partial charge is 0.542 e. The van der Waals surface area contributed by atoms with Crippen molar-refractivity contribution >= 4 is 5.97 Å². The molecule has 0 atom stereocenters. The Kier molecular flexibility index (Phi) is 8.02. The summed E-state index contributed by atoms with van der Waals surface area (Å²) < 4.78 is 0. The van der Waals surface area contributed by atoms with E-state index in [0.29, 0.717) is 6.42 Å². The van der Waals surface area contributed by atoms with Crippen molar-refractivity contribution in [3.63, 3.8) is 0 Å². The molecular weight excluding hydrogens is 131 g/mol. The van der Waals surface area contributed by atoms with E-state index in [2.05, 4.69) is 0 Å². The first-order valence-corrected chi connectivity index (χ1v) is 2.29. The summed E-state index contributed by atoms with van der Waals surface area (Å²) in [6.45, 7) is 1.72. The molecule has 0 aliphatic carbocycles. The number of hydrogen-bond donors (Lipinski definition) is 1. The molecule has 0 fully saturated rings. The predicted octanol–water partition coefficient (Wildman–Crippen LogP) is -3.41. The Hall–Kier alpha value is 0.0100. The zero-order valence-electron chi connectivity index (χ0n) is 5.55. The number of carbonyl (C=O) groups is 1. The van der Waals surface area contributed by atoms with Crippen molar-refractivity contribution < 1.29 is 44.6 Å². The fourth-order valence-corrected chi connectivity index (χ4v) is 0.277. The van der Waals surface area contributed by atoms with Crippen molar-refractivity contribution in [1.29, 1.82) is 0 Å². The number of carbonyl (C=O) groups excluding carboxylic acids is 1. The summed E-state index contributed by atoms with van der Waals surface area (Å²) in [6, 6.07) is 0. The molecule has 0 amide bonds. The van der Waals surface area contributed by atoms with Crippen LogP contribution in [0.4, 0.5) is 0 Å². The molecule has 0 aromatic carbocycles. The van der Waals surface area contributed by atoms with E-state index in [1.165, 1.54) is 6.08 Å². The zero-order valence-corrected chi connectivity index (χ0v) is 7.55. The van der Waals surface area contributed by atoms with Crippen molar-refractivity contribution in [2.75, 3.05) is 0 Å². The largest absolute Gasteiger partial charge is 1.00 e. The van der Waals surface area contributed by atoms with Crippen LogP contribution in [0.1, 0.15) is 13.3 Å². The molecule has 3 nitrogen and oxygen atoms in total. The van der Waals surface area contributed by atoms with E-state index in [0.717, 1.165) is 0 Å². The summed E-state index contributed by atoms with van der Waals surface area (Å²) in [5.41, 5.74) is 0. The summed E-state index contributed by atoms with van der Waals surface area (Å²) in [6.07, 6.45) is 1.68. The Morgan fingerprint density at radius 1 is 1.78 bits per heavy atom. The van der Waals surface area contributed by atoms with Gasteiger partial charge in [0.15, 0.2) is 0 Å². The van der Waals surface area contributed by atoms with Gasteiger partial charge in [-0.15, -0.1) is 0 Å². The van der Waals surface area contributed by atoms with Gasteiger partial charge in [0.2, 0.25) is 0 Å². The van der Waals surface area contributed by atoms with E-state index in [4.69, 9.17) is 5.11 Å². The normalized spacial score (nSPS) is 10.1. The average Bonchev–Trinajstić information content (AvgIpc) is 1.67. The molecule has 0 radical (unpaired) electrons. The van der Waals surface area contributed by atoms with E-state index in [1.807, 2.05) is 0 Å². The van der Waals surface area contributed by atoms with Gasteiger partial charge in [-0.2, -0.15) is 0 Å². The van der Waals surface area contributed by atoms with Gasteiger partial charge in [0.25, 0.3) is 0 Å². The van der Waals surface area contributed by atoms with Gasteiger partial charge in [0.1, 0.15) is 11.7 Å². The summed E-state index contributed by atoms with van der Waals surface area (Å²) in [5.74, 6) is -2.21. The fraction of sp³-hybridized carbons (Fsp3) is 0.400. The third-order valence-electron chi connectivity index (χ3n) is 0.607. The predicted molar refractivity (Wildman–Crippen MR) is 26.0 cm³/mol. The van der Waals surface area contributed by atoms with E-state index in [-0.39, 0.29) is 29.6 Å². The number of carboxylic acid groups (broad SMARTS) is 1. The van der Waals surface area contributed by atoms with Crippen LogP contribution in [-0.4, -0.2) is 11.1 Å². The Morgan fingerprint density at radius 2 is 2.22 bits per heavy atom. The van der Waals surface area contributed by atoms with Crippen LogP contribution in [0.15, 0.2) is 11.8 Å². The molecule has 46 valence electrons. The minimum atomic E-state index is -1.52. The summed E-state index contributed by atoms with van der Waals surface area (Å²) in [4.78, 5) is 9.66. The first kappa shape index (κ1) is 11.8. The SMILES string of the molecule is CC/C=C(\O)C(=O)[O-].[Na+]. The first-order chi connectivity index (χ1) is 3.68. The molecular formula is C5H7NaO3. The summed E-state index contributed by atoms with van der Waals surface area (Å²) >= 11 is 0. The van der Waals surface area contributed by atoms with Crippen LogP contribution in [0.5, 0.6) is 0 Å². The van der Waals surface area contributed by atoms with E-state index < -0.39 is 11.7 Å². The van der Waals surface area contributed by atoms with Gasteiger partial charge < -0.3 is 15.0 Å². The minimum Gasteiger partial charge on any atom is -0.542 e. The number of hydrogen-bond acceptors (Lipinski definition) is 3. The van der Waals surface area contributed by atoms with Crippen molar-refractivity contribution in [3.8, 4) is 0 Å². The van der Waals surface area contributed by atoms with Crippen LogP contribution in [0, 0.1) is 0 Å². The van der Waals surface area contributed by atoms with Crippen LogP contribution in [0.25, 0.3) is 0 Å². The molecule has 0 spiro atoms. The van der Waals surface area contributed by atoms with Gasteiger partial charge in [-0.3, -0.25) is 0 Å². The Morgan fingerprint density at radius 3 is 2.33 bits per heavy atom. The maximum atomic E-state index is 9.66. The molecule has 0 unspecified atom stereocenters. The van der Waals surface area contributed by atoms with Crippen LogP contribution in [0.2, 0.25) is 0 Å². The van der Waals surface area contributed by atoms with Crippen molar-refractivity contribution in [3.05, 3.63) is 11.8 Å². The molecule has 9 heavy (non-hydrogen) atoms. The number of carboxylic acids is 1. The number of allylic oxidation sites excluding steroid dienone is 1. The molecule has 0 aromatic heterocycles. The van der Waals surface area contributed by atoms with Crippen molar-refractivity contribution in [2.24, 2.45) is 0 Å². The van der Waals surface area contributed by atoms with Crippen LogP contribution in [0.3, 0.4) is 0 Å². The molecule has 4 heteroatoms. The van der Waals surface area contributed by atoms with E-state index in [1.54, 1.807) is 6.92 Å². The second-order valence-electron chi connectivity index (χ2n) is 1.29. The molecule has 0 saturated heterocycles. The number of rotatable bonds is 2. The van der Waals surface area contributed by atoms with Crippen molar-refractivity contribution in [2.45, 2.75) is 13.3 Å². The third-order valence-corrected chi connectivity index (χ3v) is 0.607. The van der Waals surface area contributed by atoms with E-state index in [9.17, 15) is 9.90 Å². The minimum absolute atomic E-state index is 0. The number of aliphatic hydroxyl groups is 1. The van der Waals surface area contributed by atoms with Crippen LogP contribution in [-0.2, 0) is 4.79 Å².